The molecule has 1 aromatic heterocycles. The molecule has 17 heavy (non-hydrogen) atoms. The van der Waals surface area contributed by atoms with Crippen LogP contribution in [-0.4, -0.2) is 28.4 Å². The number of aromatic nitrogens is 1. The van der Waals surface area contributed by atoms with E-state index in [1.165, 1.54) is 0 Å². The number of pyridine rings is 1. The number of nitrogens with zero attached hydrogens (tertiary/aromatic N) is 2. The van der Waals surface area contributed by atoms with Crippen molar-refractivity contribution in [2.24, 2.45) is 5.73 Å². The second kappa shape index (κ2) is 7.48. The number of amides is 1. The van der Waals surface area contributed by atoms with Crippen LogP contribution < -0.4 is 5.73 Å². The summed E-state index contributed by atoms with van der Waals surface area (Å²) in [5, 5.41) is 0. The molecule has 0 spiro atoms. The van der Waals surface area contributed by atoms with Gasteiger partial charge >= 0.3 is 0 Å². The molecule has 0 saturated carbocycles. The van der Waals surface area contributed by atoms with Crippen molar-refractivity contribution in [3.05, 3.63) is 30.1 Å². The van der Waals surface area contributed by atoms with Crippen molar-refractivity contribution in [1.29, 1.82) is 0 Å². The molecule has 1 heterocycles. The molecule has 1 amide bonds. The van der Waals surface area contributed by atoms with Gasteiger partial charge in [0.1, 0.15) is 0 Å². The smallest absolute Gasteiger partial charge is 0.242 e. The summed E-state index contributed by atoms with van der Waals surface area (Å²) in [4.78, 5) is 17.5. The summed E-state index contributed by atoms with van der Waals surface area (Å²) in [6, 6.07) is 5.62. The topological polar surface area (TPSA) is 59.2 Å². The summed E-state index contributed by atoms with van der Waals surface area (Å²) < 4.78 is 0. The second-order valence-corrected chi connectivity index (χ2v) is 4.20. The first-order valence-electron chi connectivity index (χ1n) is 4.85. The lowest BCUT2D eigenvalue weighted by Gasteiger charge is -2.25. The molecule has 2 N–H and O–H groups in total. The summed E-state index contributed by atoms with van der Waals surface area (Å²) in [6.45, 7) is 3.88. The lowest BCUT2D eigenvalue weighted by molar-refractivity contribution is -0.135. The SMILES string of the molecule is CN(Cc1ccccn1)C(=O)C(C)(C)N.Cl.Cl. The van der Waals surface area contributed by atoms with Crippen LogP contribution in [0, 0.1) is 0 Å². The van der Waals surface area contributed by atoms with Gasteiger partial charge < -0.3 is 10.6 Å². The number of carbonyl (C=O) groups is 1. The Labute approximate surface area is 114 Å². The highest BCUT2D eigenvalue weighted by atomic mass is 35.5. The fraction of sp³-hybridized carbons (Fsp3) is 0.455. The molecule has 0 unspecified atom stereocenters. The van der Waals surface area contributed by atoms with Gasteiger partial charge in [0.15, 0.2) is 0 Å². The van der Waals surface area contributed by atoms with Crippen molar-refractivity contribution in [2.45, 2.75) is 25.9 Å². The van der Waals surface area contributed by atoms with Crippen LogP contribution in [-0.2, 0) is 11.3 Å². The van der Waals surface area contributed by atoms with Crippen molar-refractivity contribution in [3.8, 4) is 0 Å². The second-order valence-electron chi connectivity index (χ2n) is 4.20. The molecule has 6 heteroatoms. The van der Waals surface area contributed by atoms with Crippen molar-refractivity contribution in [2.75, 3.05) is 7.05 Å². The van der Waals surface area contributed by atoms with Gasteiger partial charge in [-0.15, -0.1) is 24.8 Å². The zero-order valence-electron chi connectivity index (χ0n) is 10.2. The van der Waals surface area contributed by atoms with Gasteiger partial charge in [0.2, 0.25) is 5.91 Å². The molecule has 0 bridgehead atoms. The lowest BCUT2D eigenvalue weighted by atomic mass is 10.1. The summed E-state index contributed by atoms with van der Waals surface area (Å²) in [5.74, 6) is -0.0897. The predicted molar refractivity (Wildman–Crippen MR) is 73.5 cm³/mol. The molecule has 0 aliphatic carbocycles. The highest BCUT2D eigenvalue weighted by Gasteiger charge is 2.25. The maximum atomic E-state index is 11.7. The van der Waals surface area contributed by atoms with Gasteiger partial charge in [0.05, 0.1) is 17.8 Å². The monoisotopic (exact) mass is 279 g/mol. The third kappa shape index (κ3) is 5.86. The number of halogens is 2. The number of nitrogens with two attached hydrogens (primary N) is 1. The normalized spacial score (nSPS) is 9.88. The molecule has 1 aromatic rings. The highest BCUT2D eigenvalue weighted by molar-refractivity contribution is 5.85. The molecule has 1 rings (SSSR count). The van der Waals surface area contributed by atoms with Gasteiger partial charge in [-0.2, -0.15) is 0 Å². The summed E-state index contributed by atoms with van der Waals surface area (Å²) in [6.07, 6.45) is 1.71. The lowest BCUT2D eigenvalue weighted by Crippen LogP contribution is -2.49. The van der Waals surface area contributed by atoms with Crippen LogP contribution in [0.5, 0.6) is 0 Å². The van der Waals surface area contributed by atoms with Gasteiger partial charge in [-0.3, -0.25) is 9.78 Å². The van der Waals surface area contributed by atoms with Crippen LogP contribution in [0.3, 0.4) is 0 Å². The number of rotatable bonds is 3. The third-order valence-corrected chi connectivity index (χ3v) is 2.02. The maximum absolute atomic E-state index is 11.7. The van der Waals surface area contributed by atoms with E-state index >= 15 is 0 Å². The van der Waals surface area contributed by atoms with Crippen LogP contribution >= 0.6 is 24.8 Å². The molecule has 0 radical (unpaired) electrons. The summed E-state index contributed by atoms with van der Waals surface area (Å²) in [5.41, 5.74) is 5.75. The maximum Gasteiger partial charge on any atom is 0.242 e. The fourth-order valence-corrected chi connectivity index (χ4v) is 1.30. The van der Waals surface area contributed by atoms with Gasteiger partial charge in [-0.05, 0) is 26.0 Å². The predicted octanol–water partition coefficient (Wildman–Crippen LogP) is 1.62. The number of hydrogen-bond acceptors (Lipinski definition) is 3. The highest BCUT2D eigenvalue weighted by Crippen LogP contribution is 2.06. The van der Waals surface area contributed by atoms with Crippen LogP contribution in [0.1, 0.15) is 19.5 Å². The van der Waals surface area contributed by atoms with E-state index < -0.39 is 5.54 Å². The molecular weight excluding hydrogens is 261 g/mol. The van der Waals surface area contributed by atoms with Crippen molar-refractivity contribution < 1.29 is 4.79 Å². The van der Waals surface area contributed by atoms with Gasteiger partial charge in [0.25, 0.3) is 0 Å². The zero-order valence-corrected chi connectivity index (χ0v) is 11.8. The van der Waals surface area contributed by atoms with E-state index in [2.05, 4.69) is 4.98 Å². The van der Waals surface area contributed by atoms with E-state index in [0.29, 0.717) is 6.54 Å². The minimum atomic E-state index is -0.830. The molecule has 0 aliphatic rings. The Morgan fingerprint density at radius 1 is 1.41 bits per heavy atom. The Morgan fingerprint density at radius 2 is 2.00 bits per heavy atom. The number of hydrogen-bond donors (Lipinski definition) is 1. The number of likely N-dealkylation sites (N-methyl/N-ethyl adjacent to an activating group) is 1. The summed E-state index contributed by atoms with van der Waals surface area (Å²) in [7, 11) is 1.73. The van der Waals surface area contributed by atoms with E-state index in [9.17, 15) is 4.79 Å². The zero-order chi connectivity index (χ0) is 11.5. The van der Waals surface area contributed by atoms with E-state index in [-0.39, 0.29) is 30.7 Å². The Balaban J connectivity index is 0. The van der Waals surface area contributed by atoms with E-state index in [1.807, 2.05) is 18.2 Å². The molecule has 0 aliphatic heterocycles. The van der Waals surface area contributed by atoms with Crippen LogP contribution in [0.4, 0.5) is 0 Å². The van der Waals surface area contributed by atoms with Crippen LogP contribution in [0.15, 0.2) is 24.4 Å². The minimum absolute atomic E-state index is 0. The average Bonchev–Trinajstić information content (AvgIpc) is 2.16. The molecule has 0 saturated heterocycles. The standard InChI is InChI=1S/C11H17N3O.2ClH/c1-11(2,12)10(15)14(3)8-9-6-4-5-7-13-9;;/h4-7H,8,12H2,1-3H3;2*1H. The Hall–Kier alpha value is -0.840. The first-order valence-corrected chi connectivity index (χ1v) is 4.85. The molecule has 0 atom stereocenters. The molecule has 4 nitrogen and oxygen atoms in total. The Kier molecular flexibility index (Phi) is 8.15. The minimum Gasteiger partial charge on any atom is -0.338 e. The summed E-state index contributed by atoms with van der Waals surface area (Å²) >= 11 is 0. The third-order valence-electron chi connectivity index (χ3n) is 2.02. The van der Waals surface area contributed by atoms with E-state index in [4.69, 9.17) is 5.73 Å². The Morgan fingerprint density at radius 3 is 2.41 bits per heavy atom. The van der Waals surface area contributed by atoms with Gasteiger partial charge in [0, 0.05) is 13.2 Å². The van der Waals surface area contributed by atoms with Crippen LogP contribution in [0.2, 0.25) is 0 Å². The molecule has 0 fully saturated rings. The molecule has 98 valence electrons. The molecular formula is C11H19Cl2N3O. The van der Waals surface area contributed by atoms with Crippen molar-refractivity contribution in [1.82, 2.24) is 9.88 Å². The molecule has 0 aromatic carbocycles. The first-order chi connectivity index (χ1) is 6.91. The Bertz CT molecular complexity index is 338. The average molecular weight is 280 g/mol. The van der Waals surface area contributed by atoms with E-state index in [0.717, 1.165) is 5.69 Å². The number of carbonyl (C=O) groups excluding carboxylic acids is 1. The quantitative estimate of drug-likeness (QED) is 0.915. The van der Waals surface area contributed by atoms with E-state index in [1.54, 1.807) is 32.0 Å². The van der Waals surface area contributed by atoms with Crippen molar-refractivity contribution >= 4 is 30.7 Å². The largest absolute Gasteiger partial charge is 0.338 e. The first kappa shape index (κ1) is 18.5. The van der Waals surface area contributed by atoms with Crippen LogP contribution in [0.25, 0.3) is 0 Å². The van der Waals surface area contributed by atoms with Crippen molar-refractivity contribution in [3.63, 3.8) is 0 Å². The van der Waals surface area contributed by atoms with Gasteiger partial charge in [-0.25, -0.2) is 0 Å². The fourth-order valence-electron chi connectivity index (χ4n) is 1.30. The van der Waals surface area contributed by atoms with Gasteiger partial charge in [-0.1, -0.05) is 6.07 Å².